The van der Waals surface area contributed by atoms with E-state index in [1.54, 1.807) is 9.80 Å². The highest BCUT2D eigenvalue weighted by molar-refractivity contribution is 5.83. The lowest BCUT2D eigenvalue weighted by molar-refractivity contribution is -0.138. The average molecular weight is 256 g/mol. The topological polar surface area (TPSA) is 102 Å². The number of amides is 4. The lowest BCUT2D eigenvalue weighted by Gasteiger charge is -2.36. The third-order valence-electron chi connectivity index (χ3n) is 3.23. The van der Waals surface area contributed by atoms with Crippen molar-refractivity contribution in [3.05, 3.63) is 0 Å². The molecular weight excluding hydrogens is 240 g/mol. The van der Waals surface area contributed by atoms with Crippen LogP contribution in [-0.4, -0.2) is 71.2 Å². The number of carboxylic acid groups (broad SMARTS) is 1. The van der Waals surface area contributed by atoms with Gasteiger partial charge in [0.2, 0.25) is 0 Å². The molecule has 100 valence electrons. The van der Waals surface area contributed by atoms with Crippen LogP contribution in [0.25, 0.3) is 0 Å². The summed E-state index contributed by atoms with van der Waals surface area (Å²) < 4.78 is 0. The van der Waals surface area contributed by atoms with E-state index in [1.807, 2.05) is 0 Å². The van der Waals surface area contributed by atoms with Gasteiger partial charge in [0.25, 0.3) is 0 Å². The molecule has 0 spiro atoms. The highest BCUT2D eigenvalue weighted by Gasteiger charge is 2.37. The molecule has 4 amide bonds. The SMILES string of the molecule is C[C@H](NC(=O)N1CCN2C(=O)NCC2C1)C(=O)O. The van der Waals surface area contributed by atoms with E-state index in [0.29, 0.717) is 26.2 Å². The van der Waals surface area contributed by atoms with Crippen molar-refractivity contribution >= 4 is 18.0 Å². The minimum atomic E-state index is -1.07. The summed E-state index contributed by atoms with van der Waals surface area (Å²) in [5.41, 5.74) is 0. The number of aliphatic carboxylic acids is 1. The van der Waals surface area contributed by atoms with Gasteiger partial charge in [-0.3, -0.25) is 4.79 Å². The Morgan fingerprint density at radius 2 is 2.22 bits per heavy atom. The van der Waals surface area contributed by atoms with Crippen molar-refractivity contribution in [2.45, 2.75) is 19.0 Å². The summed E-state index contributed by atoms with van der Waals surface area (Å²) in [6.45, 7) is 3.26. The van der Waals surface area contributed by atoms with E-state index in [9.17, 15) is 14.4 Å². The number of carbonyl (C=O) groups excluding carboxylic acids is 2. The van der Waals surface area contributed by atoms with Crippen molar-refractivity contribution in [3.63, 3.8) is 0 Å². The maximum Gasteiger partial charge on any atom is 0.325 e. The van der Waals surface area contributed by atoms with Gasteiger partial charge in [0.1, 0.15) is 6.04 Å². The Morgan fingerprint density at radius 1 is 1.50 bits per heavy atom. The third-order valence-corrected chi connectivity index (χ3v) is 3.23. The molecule has 2 aliphatic heterocycles. The number of carboxylic acids is 1. The van der Waals surface area contributed by atoms with Crippen molar-refractivity contribution in [3.8, 4) is 0 Å². The Labute approximate surface area is 104 Å². The van der Waals surface area contributed by atoms with E-state index in [1.165, 1.54) is 6.92 Å². The predicted octanol–water partition coefficient (Wildman–Crippen LogP) is -1.12. The number of piperazine rings is 1. The van der Waals surface area contributed by atoms with Crippen LogP contribution in [0, 0.1) is 0 Å². The van der Waals surface area contributed by atoms with Crippen molar-refractivity contribution in [2.24, 2.45) is 0 Å². The third kappa shape index (κ3) is 2.31. The summed E-state index contributed by atoms with van der Waals surface area (Å²) >= 11 is 0. The molecule has 1 unspecified atom stereocenters. The summed E-state index contributed by atoms with van der Waals surface area (Å²) in [6.07, 6.45) is 0. The molecule has 0 aromatic carbocycles. The minimum Gasteiger partial charge on any atom is -0.480 e. The maximum atomic E-state index is 11.8. The van der Waals surface area contributed by atoms with Crippen LogP contribution in [0.5, 0.6) is 0 Å². The molecule has 2 heterocycles. The summed E-state index contributed by atoms with van der Waals surface area (Å²) in [6, 6.07) is -1.43. The van der Waals surface area contributed by atoms with Gasteiger partial charge in [0.05, 0.1) is 6.04 Å². The summed E-state index contributed by atoms with van der Waals surface area (Å²) in [5.74, 6) is -1.07. The van der Waals surface area contributed by atoms with Crippen molar-refractivity contribution in [1.82, 2.24) is 20.4 Å². The Hall–Kier alpha value is -1.99. The number of urea groups is 2. The summed E-state index contributed by atoms with van der Waals surface area (Å²) in [5, 5.41) is 13.8. The molecule has 0 aromatic rings. The van der Waals surface area contributed by atoms with Crippen molar-refractivity contribution in [1.29, 1.82) is 0 Å². The van der Waals surface area contributed by atoms with E-state index in [2.05, 4.69) is 10.6 Å². The lowest BCUT2D eigenvalue weighted by Crippen LogP contribution is -2.57. The summed E-state index contributed by atoms with van der Waals surface area (Å²) in [4.78, 5) is 37.1. The zero-order valence-corrected chi connectivity index (χ0v) is 10.0. The molecule has 0 bridgehead atoms. The number of hydrogen-bond donors (Lipinski definition) is 3. The van der Waals surface area contributed by atoms with Crippen LogP contribution in [0.15, 0.2) is 0 Å². The molecule has 2 aliphatic rings. The Kier molecular flexibility index (Phi) is 3.26. The van der Waals surface area contributed by atoms with Crippen LogP contribution in [0.3, 0.4) is 0 Å². The first-order valence-corrected chi connectivity index (χ1v) is 5.81. The molecule has 0 aromatic heterocycles. The maximum absolute atomic E-state index is 11.8. The molecule has 0 aliphatic carbocycles. The number of nitrogens with one attached hydrogen (secondary N) is 2. The second-order valence-corrected chi connectivity index (χ2v) is 4.49. The number of carbonyl (C=O) groups is 3. The van der Waals surface area contributed by atoms with Crippen molar-refractivity contribution < 1.29 is 19.5 Å². The fourth-order valence-electron chi connectivity index (χ4n) is 2.13. The summed E-state index contributed by atoms with van der Waals surface area (Å²) in [7, 11) is 0. The largest absolute Gasteiger partial charge is 0.480 e. The Morgan fingerprint density at radius 3 is 2.89 bits per heavy atom. The molecule has 3 N–H and O–H groups in total. The van der Waals surface area contributed by atoms with E-state index in [-0.39, 0.29) is 12.1 Å². The Balaban J connectivity index is 1.90. The fourth-order valence-corrected chi connectivity index (χ4v) is 2.13. The van der Waals surface area contributed by atoms with Crippen LogP contribution >= 0.6 is 0 Å². The van der Waals surface area contributed by atoms with E-state index in [4.69, 9.17) is 5.11 Å². The molecule has 0 saturated carbocycles. The van der Waals surface area contributed by atoms with Gasteiger partial charge < -0.3 is 25.5 Å². The number of fused-ring (bicyclic) bond motifs is 1. The van der Waals surface area contributed by atoms with Gasteiger partial charge >= 0.3 is 18.0 Å². The molecule has 2 saturated heterocycles. The molecule has 2 fully saturated rings. The number of rotatable bonds is 2. The first-order chi connectivity index (χ1) is 8.49. The van der Waals surface area contributed by atoms with Gasteiger partial charge in [-0.15, -0.1) is 0 Å². The monoisotopic (exact) mass is 256 g/mol. The first-order valence-electron chi connectivity index (χ1n) is 5.81. The zero-order chi connectivity index (χ0) is 13.3. The van der Waals surface area contributed by atoms with Gasteiger partial charge in [0, 0.05) is 26.2 Å². The predicted molar refractivity (Wildman–Crippen MR) is 61.1 cm³/mol. The van der Waals surface area contributed by atoms with E-state index < -0.39 is 18.0 Å². The highest BCUT2D eigenvalue weighted by atomic mass is 16.4. The molecule has 8 nitrogen and oxygen atoms in total. The van der Waals surface area contributed by atoms with Crippen LogP contribution in [0.1, 0.15) is 6.92 Å². The molecule has 0 radical (unpaired) electrons. The van der Waals surface area contributed by atoms with Crippen LogP contribution in [0.4, 0.5) is 9.59 Å². The molecule has 2 rings (SSSR count). The van der Waals surface area contributed by atoms with Crippen molar-refractivity contribution in [2.75, 3.05) is 26.2 Å². The lowest BCUT2D eigenvalue weighted by atomic mass is 10.2. The van der Waals surface area contributed by atoms with E-state index in [0.717, 1.165) is 0 Å². The minimum absolute atomic E-state index is 0.0165. The standard InChI is InChI=1S/C10H16N4O4/c1-6(8(15)16)12-10(18)13-2-3-14-7(5-13)4-11-9(14)17/h6-7H,2-5H2,1H3,(H,11,17)(H,12,18)(H,15,16)/t6-,7?/m0/s1. The fraction of sp³-hybridized carbons (Fsp3) is 0.700. The van der Waals surface area contributed by atoms with Crippen LogP contribution < -0.4 is 10.6 Å². The molecule has 18 heavy (non-hydrogen) atoms. The first kappa shape index (κ1) is 12.5. The second kappa shape index (κ2) is 4.71. The average Bonchev–Trinajstić information content (AvgIpc) is 2.70. The molecule has 8 heteroatoms. The highest BCUT2D eigenvalue weighted by Crippen LogP contribution is 2.14. The smallest absolute Gasteiger partial charge is 0.325 e. The van der Waals surface area contributed by atoms with Gasteiger partial charge in [-0.05, 0) is 6.92 Å². The van der Waals surface area contributed by atoms with Gasteiger partial charge in [-0.25, -0.2) is 9.59 Å². The van der Waals surface area contributed by atoms with Gasteiger partial charge in [-0.2, -0.15) is 0 Å². The van der Waals surface area contributed by atoms with Gasteiger partial charge in [-0.1, -0.05) is 0 Å². The second-order valence-electron chi connectivity index (χ2n) is 4.49. The van der Waals surface area contributed by atoms with Crippen LogP contribution in [0.2, 0.25) is 0 Å². The quantitative estimate of drug-likeness (QED) is 0.582. The molecule has 2 atom stereocenters. The normalized spacial score (nSPS) is 24.3. The van der Waals surface area contributed by atoms with Crippen LogP contribution in [-0.2, 0) is 4.79 Å². The molecular formula is C10H16N4O4. The Bertz CT molecular complexity index is 386. The zero-order valence-electron chi connectivity index (χ0n) is 10.0. The number of hydrogen-bond acceptors (Lipinski definition) is 3. The van der Waals surface area contributed by atoms with Gasteiger partial charge in [0.15, 0.2) is 0 Å². The number of nitrogens with zero attached hydrogens (tertiary/aromatic N) is 2. The van der Waals surface area contributed by atoms with E-state index >= 15 is 0 Å².